The van der Waals surface area contributed by atoms with Crippen molar-refractivity contribution in [2.24, 2.45) is 0 Å². The van der Waals surface area contributed by atoms with Gasteiger partial charge in [0.15, 0.2) is 0 Å². The molecule has 1 aliphatic heterocycles. The smallest absolute Gasteiger partial charge is 0.253 e. The lowest BCUT2D eigenvalue weighted by molar-refractivity contribution is 0.0783. The molecule has 0 aliphatic carbocycles. The highest BCUT2D eigenvalue weighted by molar-refractivity contribution is 9.10. The van der Waals surface area contributed by atoms with E-state index in [0.29, 0.717) is 24.2 Å². The third-order valence-corrected chi connectivity index (χ3v) is 6.97. The van der Waals surface area contributed by atoms with E-state index in [2.05, 4.69) is 15.9 Å². The van der Waals surface area contributed by atoms with Crippen molar-refractivity contribution in [3.8, 4) is 0 Å². The molecule has 5 nitrogen and oxygen atoms in total. The standard InChI is InChI=1S/C19H20BrFN2O3S/c1-22(13-15-12-16(20)6-9-18(15)21)19(24)14-4-7-17(8-5-14)27(25,26)23-10-2-3-11-23/h4-9,12H,2-3,10-11,13H2,1H3. The zero-order valence-electron chi connectivity index (χ0n) is 14.9. The molecule has 2 aromatic rings. The topological polar surface area (TPSA) is 57.7 Å². The fraction of sp³-hybridized carbons (Fsp3) is 0.316. The average Bonchev–Trinajstić information content (AvgIpc) is 3.20. The molecular weight excluding hydrogens is 435 g/mol. The van der Waals surface area contributed by atoms with Crippen LogP contribution in [-0.2, 0) is 16.6 Å². The number of benzene rings is 2. The minimum Gasteiger partial charge on any atom is -0.337 e. The Balaban J connectivity index is 1.74. The van der Waals surface area contributed by atoms with Crippen LogP contribution in [0.3, 0.4) is 0 Å². The van der Waals surface area contributed by atoms with Gasteiger partial charge in [-0.15, -0.1) is 0 Å². The minimum atomic E-state index is -3.51. The first-order valence-electron chi connectivity index (χ1n) is 8.58. The molecule has 1 heterocycles. The number of carbonyl (C=O) groups excluding carboxylic acids is 1. The Labute approximate surface area is 167 Å². The number of rotatable bonds is 5. The molecule has 1 fully saturated rings. The Hall–Kier alpha value is -1.77. The van der Waals surface area contributed by atoms with E-state index >= 15 is 0 Å². The van der Waals surface area contributed by atoms with Gasteiger partial charge in [0.25, 0.3) is 5.91 Å². The van der Waals surface area contributed by atoms with Crippen LogP contribution in [0.15, 0.2) is 51.8 Å². The average molecular weight is 455 g/mol. The van der Waals surface area contributed by atoms with Gasteiger partial charge in [-0.05, 0) is 55.3 Å². The second-order valence-electron chi connectivity index (χ2n) is 6.53. The Morgan fingerprint density at radius 2 is 1.78 bits per heavy atom. The van der Waals surface area contributed by atoms with E-state index in [9.17, 15) is 17.6 Å². The van der Waals surface area contributed by atoms with E-state index < -0.39 is 10.0 Å². The minimum absolute atomic E-state index is 0.109. The number of hydrogen-bond donors (Lipinski definition) is 0. The van der Waals surface area contributed by atoms with E-state index in [0.717, 1.165) is 17.3 Å². The van der Waals surface area contributed by atoms with Crippen LogP contribution in [0.25, 0.3) is 0 Å². The molecule has 0 aromatic heterocycles. The maximum Gasteiger partial charge on any atom is 0.253 e. The molecule has 0 saturated carbocycles. The zero-order chi connectivity index (χ0) is 19.6. The van der Waals surface area contributed by atoms with Gasteiger partial charge in [-0.25, -0.2) is 12.8 Å². The number of amides is 1. The highest BCUT2D eigenvalue weighted by atomic mass is 79.9. The van der Waals surface area contributed by atoms with Gasteiger partial charge in [-0.1, -0.05) is 15.9 Å². The third kappa shape index (κ3) is 4.39. The molecule has 27 heavy (non-hydrogen) atoms. The number of sulfonamides is 1. The zero-order valence-corrected chi connectivity index (χ0v) is 17.3. The van der Waals surface area contributed by atoms with Gasteiger partial charge in [0.2, 0.25) is 10.0 Å². The van der Waals surface area contributed by atoms with Crippen molar-refractivity contribution in [2.75, 3.05) is 20.1 Å². The normalized spacial score (nSPS) is 15.1. The number of nitrogens with zero attached hydrogens (tertiary/aromatic N) is 2. The summed E-state index contributed by atoms with van der Waals surface area (Å²) in [5, 5.41) is 0. The molecule has 0 N–H and O–H groups in total. The second kappa shape index (κ2) is 8.08. The lowest BCUT2D eigenvalue weighted by atomic mass is 10.1. The van der Waals surface area contributed by atoms with Crippen LogP contribution in [0.5, 0.6) is 0 Å². The van der Waals surface area contributed by atoms with Crippen molar-refractivity contribution in [3.63, 3.8) is 0 Å². The summed E-state index contributed by atoms with van der Waals surface area (Å²) in [4.78, 5) is 14.2. The van der Waals surface area contributed by atoms with E-state index in [1.807, 2.05) is 0 Å². The molecular formula is C19H20BrFN2O3S. The summed E-state index contributed by atoms with van der Waals surface area (Å²) in [6.45, 7) is 1.17. The first kappa shape index (κ1) is 20.0. The SMILES string of the molecule is CN(Cc1cc(Br)ccc1F)C(=O)c1ccc(S(=O)(=O)N2CCCC2)cc1. The Kier molecular flexibility index (Phi) is 5.98. The number of carbonyl (C=O) groups is 1. The molecule has 0 unspecified atom stereocenters. The molecule has 144 valence electrons. The Morgan fingerprint density at radius 3 is 2.41 bits per heavy atom. The summed E-state index contributed by atoms with van der Waals surface area (Å²) in [6, 6.07) is 10.5. The third-order valence-electron chi connectivity index (χ3n) is 4.57. The molecule has 8 heteroatoms. The molecule has 1 aliphatic rings. The second-order valence-corrected chi connectivity index (χ2v) is 9.39. The largest absolute Gasteiger partial charge is 0.337 e. The summed E-state index contributed by atoms with van der Waals surface area (Å²) >= 11 is 3.29. The van der Waals surface area contributed by atoms with Crippen LogP contribution in [0.2, 0.25) is 0 Å². The van der Waals surface area contributed by atoms with Gasteiger partial charge in [-0.2, -0.15) is 4.31 Å². The van der Waals surface area contributed by atoms with Crippen LogP contribution in [0.1, 0.15) is 28.8 Å². The van der Waals surface area contributed by atoms with Crippen LogP contribution in [0.4, 0.5) is 4.39 Å². The van der Waals surface area contributed by atoms with Gasteiger partial charge in [-0.3, -0.25) is 4.79 Å². The molecule has 0 bridgehead atoms. The first-order valence-corrected chi connectivity index (χ1v) is 10.8. The van der Waals surface area contributed by atoms with Gasteiger partial charge in [0.1, 0.15) is 5.82 Å². The fourth-order valence-corrected chi connectivity index (χ4v) is 4.98. The highest BCUT2D eigenvalue weighted by Crippen LogP contribution is 2.22. The van der Waals surface area contributed by atoms with E-state index in [4.69, 9.17) is 0 Å². The number of hydrogen-bond acceptors (Lipinski definition) is 3. The van der Waals surface area contributed by atoms with Gasteiger partial charge in [0, 0.05) is 42.3 Å². The van der Waals surface area contributed by atoms with Gasteiger partial charge >= 0.3 is 0 Å². The van der Waals surface area contributed by atoms with E-state index in [1.165, 1.54) is 39.5 Å². The number of halogens is 2. The quantitative estimate of drug-likeness (QED) is 0.692. The summed E-state index contributed by atoms with van der Waals surface area (Å²) in [5.41, 5.74) is 0.752. The predicted octanol–water partition coefficient (Wildman–Crippen LogP) is 3.64. The lowest BCUT2D eigenvalue weighted by Gasteiger charge is -2.19. The van der Waals surface area contributed by atoms with Crippen LogP contribution < -0.4 is 0 Å². The van der Waals surface area contributed by atoms with Crippen LogP contribution in [-0.4, -0.2) is 43.7 Å². The molecule has 0 atom stereocenters. The molecule has 3 rings (SSSR count). The summed E-state index contributed by atoms with van der Waals surface area (Å²) < 4.78 is 41.2. The van der Waals surface area contributed by atoms with Crippen molar-refractivity contribution in [3.05, 3.63) is 63.9 Å². The van der Waals surface area contributed by atoms with Crippen molar-refractivity contribution < 1.29 is 17.6 Å². The van der Waals surface area contributed by atoms with E-state index in [-0.39, 0.29) is 23.2 Å². The summed E-state index contributed by atoms with van der Waals surface area (Å²) in [7, 11) is -1.93. The van der Waals surface area contributed by atoms with Crippen molar-refractivity contribution in [1.82, 2.24) is 9.21 Å². The molecule has 1 saturated heterocycles. The molecule has 1 amide bonds. The maximum atomic E-state index is 13.9. The van der Waals surface area contributed by atoms with Gasteiger partial charge < -0.3 is 4.90 Å². The molecule has 2 aromatic carbocycles. The Morgan fingerprint density at radius 1 is 1.15 bits per heavy atom. The lowest BCUT2D eigenvalue weighted by Crippen LogP contribution is -2.28. The molecule has 0 radical (unpaired) electrons. The fourth-order valence-electron chi connectivity index (χ4n) is 3.06. The van der Waals surface area contributed by atoms with Crippen molar-refractivity contribution >= 4 is 31.9 Å². The van der Waals surface area contributed by atoms with Crippen LogP contribution in [0, 0.1) is 5.82 Å². The van der Waals surface area contributed by atoms with E-state index in [1.54, 1.807) is 19.2 Å². The Bertz CT molecular complexity index is 942. The van der Waals surface area contributed by atoms with Crippen molar-refractivity contribution in [1.29, 1.82) is 0 Å². The van der Waals surface area contributed by atoms with Crippen LogP contribution >= 0.6 is 15.9 Å². The van der Waals surface area contributed by atoms with Crippen molar-refractivity contribution in [2.45, 2.75) is 24.3 Å². The monoisotopic (exact) mass is 454 g/mol. The molecule has 0 spiro atoms. The summed E-state index contributed by atoms with van der Waals surface area (Å²) in [6.07, 6.45) is 1.74. The van der Waals surface area contributed by atoms with Gasteiger partial charge in [0.05, 0.1) is 4.90 Å². The highest BCUT2D eigenvalue weighted by Gasteiger charge is 2.27. The summed E-state index contributed by atoms with van der Waals surface area (Å²) in [5.74, 6) is -0.690. The maximum absolute atomic E-state index is 13.9. The first-order chi connectivity index (χ1) is 12.8. The predicted molar refractivity (Wildman–Crippen MR) is 104 cm³/mol.